The van der Waals surface area contributed by atoms with Crippen molar-refractivity contribution in [3.63, 3.8) is 0 Å². The summed E-state index contributed by atoms with van der Waals surface area (Å²) in [6, 6.07) is 8.92. The number of nitrogens with one attached hydrogen (secondary N) is 1. The Labute approximate surface area is 125 Å². The molecule has 1 aromatic heterocycles. The van der Waals surface area contributed by atoms with E-state index in [9.17, 15) is 0 Å². The van der Waals surface area contributed by atoms with E-state index in [4.69, 9.17) is 4.74 Å². The Kier molecular flexibility index (Phi) is 3.91. The van der Waals surface area contributed by atoms with Gasteiger partial charge in [-0.1, -0.05) is 19.1 Å². The molecule has 0 bridgehead atoms. The average molecular weight is 338 g/mol. The van der Waals surface area contributed by atoms with Gasteiger partial charge in [-0.2, -0.15) is 0 Å². The molecule has 0 aliphatic carbocycles. The predicted molar refractivity (Wildman–Crippen MR) is 83.2 cm³/mol. The van der Waals surface area contributed by atoms with Crippen molar-refractivity contribution in [3.8, 4) is 5.75 Å². The monoisotopic (exact) mass is 337 g/mol. The van der Waals surface area contributed by atoms with Gasteiger partial charge in [0.25, 0.3) is 0 Å². The minimum absolute atomic E-state index is 0.255. The number of hydrogen-bond donors (Lipinski definition) is 1. The molecule has 0 radical (unpaired) electrons. The van der Waals surface area contributed by atoms with Crippen LogP contribution < -0.4 is 10.1 Å². The third kappa shape index (κ3) is 2.57. The van der Waals surface area contributed by atoms with Crippen molar-refractivity contribution in [1.82, 2.24) is 5.32 Å². The Hall–Kier alpha value is -0.840. The predicted octanol–water partition coefficient (Wildman–Crippen LogP) is 4.14. The molecule has 2 nitrogen and oxygen atoms in total. The second-order valence-corrected chi connectivity index (χ2v) is 6.39. The molecule has 1 aliphatic heterocycles. The Balaban J connectivity index is 1.98. The lowest BCUT2D eigenvalue weighted by atomic mass is 10.0. The summed E-state index contributed by atoms with van der Waals surface area (Å²) < 4.78 is 6.76. The van der Waals surface area contributed by atoms with Crippen molar-refractivity contribution >= 4 is 27.3 Å². The maximum absolute atomic E-state index is 5.58. The fourth-order valence-corrected chi connectivity index (χ4v) is 4.17. The molecule has 1 unspecified atom stereocenters. The third-order valence-electron chi connectivity index (χ3n) is 3.36. The summed E-state index contributed by atoms with van der Waals surface area (Å²) in [5, 5.41) is 5.70. The highest BCUT2D eigenvalue weighted by atomic mass is 79.9. The fraction of sp³-hybridized carbons (Fsp3) is 0.333. The van der Waals surface area contributed by atoms with Gasteiger partial charge >= 0.3 is 0 Å². The lowest BCUT2D eigenvalue weighted by Gasteiger charge is -2.18. The van der Waals surface area contributed by atoms with E-state index in [0.29, 0.717) is 0 Å². The number of fused-ring (bicyclic) bond motifs is 1. The van der Waals surface area contributed by atoms with Crippen LogP contribution in [0.2, 0.25) is 0 Å². The minimum Gasteiger partial charge on any atom is -0.493 e. The first-order valence-corrected chi connectivity index (χ1v) is 8.18. The molecule has 4 heteroatoms. The van der Waals surface area contributed by atoms with Gasteiger partial charge < -0.3 is 10.1 Å². The normalized spacial score (nSPS) is 15.1. The second-order valence-electron chi connectivity index (χ2n) is 4.59. The van der Waals surface area contributed by atoms with Gasteiger partial charge in [0.2, 0.25) is 0 Å². The highest BCUT2D eigenvalue weighted by Crippen LogP contribution is 2.35. The third-order valence-corrected chi connectivity index (χ3v) is 5.30. The van der Waals surface area contributed by atoms with E-state index in [2.05, 4.69) is 57.8 Å². The van der Waals surface area contributed by atoms with E-state index in [1.807, 2.05) is 0 Å². The second kappa shape index (κ2) is 5.65. The van der Waals surface area contributed by atoms with Crippen LogP contribution in [0.5, 0.6) is 5.75 Å². The van der Waals surface area contributed by atoms with Gasteiger partial charge in [-0.25, -0.2) is 0 Å². The number of benzene rings is 1. The van der Waals surface area contributed by atoms with Crippen molar-refractivity contribution < 1.29 is 4.74 Å². The van der Waals surface area contributed by atoms with Crippen molar-refractivity contribution in [2.75, 3.05) is 13.2 Å². The molecular weight excluding hydrogens is 322 g/mol. The van der Waals surface area contributed by atoms with E-state index in [0.717, 1.165) is 25.3 Å². The molecule has 2 aromatic rings. The lowest BCUT2D eigenvalue weighted by Crippen LogP contribution is -2.21. The molecule has 0 amide bonds. The molecule has 0 saturated carbocycles. The standard InChI is InChI=1S/C15H16BrNOS/c1-2-17-14(15-12(16)6-8-19-15)11-3-4-13-10(9-11)5-7-18-13/h3-4,6,8-9,14,17H,2,5,7H2,1H3. The van der Waals surface area contributed by atoms with Crippen LogP contribution in [-0.2, 0) is 6.42 Å². The van der Waals surface area contributed by atoms with Crippen LogP contribution >= 0.6 is 27.3 Å². The zero-order valence-corrected chi connectivity index (χ0v) is 13.2. The van der Waals surface area contributed by atoms with Gasteiger partial charge in [0, 0.05) is 15.8 Å². The zero-order chi connectivity index (χ0) is 13.2. The summed E-state index contributed by atoms with van der Waals surface area (Å²) in [6.07, 6.45) is 1.02. The van der Waals surface area contributed by atoms with Crippen LogP contribution in [0.3, 0.4) is 0 Å². The molecule has 2 heterocycles. The highest BCUT2D eigenvalue weighted by Gasteiger charge is 2.20. The zero-order valence-electron chi connectivity index (χ0n) is 10.8. The Bertz CT molecular complexity index is 581. The molecule has 0 spiro atoms. The number of rotatable bonds is 4. The Morgan fingerprint density at radius 1 is 1.42 bits per heavy atom. The van der Waals surface area contributed by atoms with Crippen LogP contribution in [0.4, 0.5) is 0 Å². The number of halogens is 1. The smallest absolute Gasteiger partial charge is 0.122 e. The first-order valence-electron chi connectivity index (χ1n) is 6.51. The summed E-state index contributed by atoms with van der Waals surface area (Å²) >= 11 is 5.43. The van der Waals surface area contributed by atoms with E-state index in [-0.39, 0.29) is 6.04 Å². The number of hydrogen-bond acceptors (Lipinski definition) is 3. The van der Waals surface area contributed by atoms with Crippen molar-refractivity contribution in [1.29, 1.82) is 0 Å². The Morgan fingerprint density at radius 3 is 3.05 bits per heavy atom. The molecule has 100 valence electrons. The van der Waals surface area contributed by atoms with Gasteiger partial charge in [0.1, 0.15) is 5.75 Å². The van der Waals surface area contributed by atoms with Crippen LogP contribution in [0.1, 0.15) is 29.0 Å². The average Bonchev–Trinajstić information content (AvgIpc) is 3.03. The minimum atomic E-state index is 0.255. The van der Waals surface area contributed by atoms with Crippen LogP contribution in [0.15, 0.2) is 34.1 Å². The molecule has 1 aromatic carbocycles. The maximum atomic E-state index is 5.58. The molecule has 0 saturated heterocycles. The van der Waals surface area contributed by atoms with E-state index in [1.54, 1.807) is 11.3 Å². The molecule has 1 aliphatic rings. The molecular formula is C15H16BrNOS. The van der Waals surface area contributed by atoms with Crippen molar-refractivity contribution in [2.24, 2.45) is 0 Å². The summed E-state index contributed by atoms with van der Waals surface area (Å²) in [4.78, 5) is 1.33. The molecule has 0 fully saturated rings. The van der Waals surface area contributed by atoms with Crippen LogP contribution in [0.25, 0.3) is 0 Å². The summed E-state index contributed by atoms with van der Waals surface area (Å²) in [6.45, 7) is 3.90. The van der Waals surface area contributed by atoms with Gasteiger partial charge in [-0.05, 0) is 51.1 Å². The van der Waals surface area contributed by atoms with Gasteiger partial charge in [-0.15, -0.1) is 11.3 Å². The summed E-state index contributed by atoms with van der Waals surface area (Å²) in [5.74, 6) is 1.05. The summed E-state index contributed by atoms with van der Waals surface area (Å²) in [5.41, 5.74) is 2.64. The first-order chi connectivity index (χ1) is 9.29. The maximum Gasteiger partial charge on any atom is 0.122 e. The molecule has 19 heavy (non-hydrogen) atoms. The Morgan fingerprint density at radius 2 is 2.32 bits per heavy atom. The molecule has 1 N–H and O–H groups in total. The van der Waals surface area contributed by atoms with E-state index in [1.165, 1.54) is 20.5 Å². The van der Waals surface area contributed by atoms with Crippen LogP contribution in [0, 0.1) is 0 Å². The molecule has 1 atom stereocenters. The van der Waals surface area contributed by atoms with Crippen molar-refractivity contribution in [2.45, 2.75) is 19.4 Å². The fourth-order valence-electron chi connectivity index (χ4n) is 2.46. The van der Waals surface area contributed by atoms with Gasteiger partial charge in [0.05, 0.1) is 12.6 Å². The first kappa shape index (κ1) is 13.2. The SMILES string of the molecule is CCNC(c1ccc2c(c1)CCO2)c1sccc1Br. The lowest BCUT2D eigenvalue weighted by molar-refractivity contribution is 0.357. The topological polar surface area (TPSA) is 21.3 Å². The number of ether oxygens (including phenoxy) is 1. The highest BCUT2D eigenvalue weighted by molar-refractivity contribution is 9.10. The van der Waals surface area contributed by atoms with E-state index >= 15 is 0 Å². The summed E-state index contributed by atoms with van der Waals surface area (Å²) in [7, 11) is 0. The van der Waals surface area contributed by atoms with Gasteiger partial charge in [-0.3, -0.25) is 0 Å². The quantitative estimate of drug-likeness (QED) is 0.904. The number of thiophene rings is 1. The van der Waals surface area contributed by atoms with E-state index < -0.39 is 0 Å². The largest absolute Gasteiger partial charge is 0.493 e. The van der Waals surface area contributed by atoms with Crippen molar-refractivity contribution in [3.05, 3.63) is 50.1 Å². The molecule has 3 rings (SSSR count). The van der Waals surface area contributed by atoms with Crippen LogP contribution in [-0.4, -0.2) is 13.2 Å². The van der Waals surface area contributed by atoms with Gasteiger partial charge in [0.15, 0.2) is 0 Å².